The standard InChI is InChI=1S/C18H26N2O2/c21-17-8-4-7-15(9-17)11-19-16-10-18(22)20(13-16)12-14-5-2-1-3-6-14/h4,7-9,14,16,19,21H,1-3,5-6,10-13H2/t16-/m0/s1. The van der Waals surface area contributed by atoms with E-state index in [4.69, 9.17) is 0 Å². The van der Waals surface area contributed by atoms with E-state index in [0.29, 0.717) is 30.5 Å². The molecule has 120 valence electrons. The fourth-order valence-electron chi connectivity index (χ4n) is 3.70. The normalized spacial score (nSPS) is 23.2. The van der Waals surface area contributed by atoms with E-state index in [9.17, 15) is 9.90 Å². The lowest BCUT2D eigenvalue weighted by atomic mass is 9.89. The largest absolute Gasteiger partial charge is 0.508 e. The molecule has 1 saturated heterocycles. The minimum atomic E-state index is 0.235. The molecule has 1 aromatic rings. The lowest BCUT2D eigenvalue weighted by Gasteiger charge is -2.27. The smallest absolute Gasteiger partial charge is 0.224 e. The molecule has 1 aromatic carbocycles. The van der Waals surface area contributed by atoms with Crippen LogP contribution in [0, 0.1) is 5.92 Å². The summed E-state index contributed by atoms with van der Waals surface area (Å²) < 4.78 is 0. The highest BCUT2D eigenvalue weighted by molar-refractivity contribution is 5.79. The Morgan fingerprint density at radius 2 is 2.05 bits per heavy atom. The molecule has 0 radical (unpaired) electrons. The highest BCUT2D eigenvalue weighted by Gasteiger charge is 2.30. The van der Waals surface area contributed by atoms with Crippen LogP contribution in [0.5, 0.6) is 5.75 Å². The van der Waals surface area contributed by atoms with Gasteiger partial charge in [0.05, 0.1) is 0 Å². The second kappa shape index (κ2) is 7.14. The number of aromatic hydroxyl groups is 1. The van der Waals surface area contributed by atoms with Crippen molar-refractivity contribution in [1.82, 2.24) is 10.2 Å². The maximum Gasteiger partial charge on any atom is 0.224 e. The average Bonchev–Trinajstić information content (AvgIpc) is 2.87. The highest BCUT2D eigenvalue weighted by Crippen LogP contribution is 2.26. The number of carbonyl (C=O) groups excluding carboxylic acids is 1. The van der Waals surface area contributed by atoms with Gasteiger partial charge in [0.2, 0.25) is 5.91 Å². The molecule has 1 heterocycles. The number of nitrogens with zero attached hydrogens (tertiary/aromatic N) is 1. The lowest BCUT2D eigenvalue weighted by molar-refractivity contribution is -0.128. The Balaban J connectivity index is 1.47. The van der Waals surface area contributed by atoms with Gasteiger partial charge in [-0.15, -0.1) is 0 Å². The summed E-state index contributed by atoms with van der Waals surface area (Å²) in [6.45, 7) is 2.47. The molecule has 0 bridgehead atoms. The van der Waals surface area contributed by atoms with Crippen LogP contribution in [0.3, 0.4) is 0 Å². The van der Waals surface area contributed by atoms with Crippen LogP contribution in [0.25, 0.3) is 0 Å². The molecular weight excluding hydrogens is 276 g/mol. The van der Waals surface area contributed by atoms with Crippen LogP contribution in [-0.2, 0) is 11.3 Å². The van der Waals surface area contributed by atoms with Crippen molar-refractivity contribution in [3.8, 4) is 5.75 Å². The van der Waals surface area contributed by atoms with Crippen LogP contribution >= 0.6 is 0 Å². The van der Waals surface area contributed by atoms with Crippen molar-refractivity contribution in [2.75, 3.05) is 13.1 Å². The molecule has 0 unspecified atom stereocenters. The molecule has 22 heavy (non-hydrogen) atoms. The number of benzene rings is 1. The van der Waals surface area contributed by atoms with Gasteiger partial charge in [0.25, 0.3) is 0 Å². The quantitative estimate of drug-likeness (QED) is 0.879. The zero-order valence-corrected chi connectivity index (χ0v) is 13.1. The number of hydrogen-bond acceptors (Lipinski definition) is 3. The van der Waals surface area contributed by atoms with Crippen LogP contribution in [0.2, 0.25) is 0 Å². The summed E-state index contributed by atoms with van der Waals surface area (Å²) in [5.74, 6) is 1.29. The minimum absolute atomic E-state index is 0.235. The van der Waals surface area contributed by atoms with Crippen molar-refractivity contribution >= 4 is 5.91 Å². The summed E-state index contributed by atoms with van der Waals surface area (Å²) in [6, 6.07) is 7.52. The van der Waals surface area contributed by atoms with E-state index in [1.54, 1.807) is 12.1 Å². The third-order valence-electron chi connectivity index (χ3n) is 4.92. The molecule has 1 saturated carbocycles. The number of nitrogens with one attached hydrogen (secondary N) is 1. The van der Waals surface area contributed by atoms with Crippen molar-refractivity contribution < 1.29 is 9.90 Å². The van der Waals surface area contributed by atoms with Gasteiger partial charge in [0.15, 0.2) is 0 Å². The van der Waals surface area contributed by atoms with Gasteiger partial charge in [0, 0.05) is 32.1 Å². The number of hydrogen-bond donors (Lipinski definition) is 2. The molecule has 4 heteroatoms. The predicted octanol–water partition coefficient (Wildman–Crippen LogP) is 2.66. The third-order valence-corrected chi connectivity index (χ3v) is 4.92. The first kappa shape index (κ1) is 15.3. The monoisotopic (exact) mass is 302 g/mol. The molecule has 1 aliphatic heterocycles. The molecule has 0 spiro atoms. The molecule has 0 aromatic heterocycles. The summed E-state index contributed by atoms with van der Waals surface area (Å²) in [4.78, 5) is 14.2. The summed E-state index contributed by atoms with van der Waals surface area (Å²) in [5.41, 5.74) is 1.05. The number of rotatable bonds is 5. The predicted molar refractivity (Wildman–Crippen MR) is 86.5 cm³/mol. The van der Waals surface area contributed by atoms with Crippen molar-refractivity contribution in [1.29, 1.82) is 0 Å². The average molecular weight is 302 g/mol. The SMILES string of the molecule is O=C1C[C@H](NCc2cccc(O)c2)CN1CC1CCCCC1. The second-order valence-corrected chi connectivity index (χ2v) is 6.75. The number of amides is 1. The van der Waals surface area contributed by atoms with E-state index < -0.39 is 0 Å². The maximum absolute atomic E-state index is 12.2. The van der Waals surface area contributed by atoms with Gasteiger partial charge < -0.3 is 15.3 Å². The fraction of sp³-hybridized carbons (Fsp3) is 0.611. The Kier molecular flexibility index (Phi) is 4.98. The zero-order valence-electron chi connectivity index (χ0n) is 13.1. The van der Waals surface area contributed by atoms with E-state index in [1.165, 1.54) is 32.1 Å². The van der Waals surface area contributed by atoms with Gasteiger partial charge in [-0.05, 0) is 36.5 Å². The Hall–Kier alpha value is -1.55. The van der Waals surface area contributed by atoms with Crippen LogP contribution in [0.15, 0.2) is 24.3 Å². The number of carbonyl (C=O) groups is 1. The van der Waals surface area contributed by atoms with Gasteiger partial charge in [-0.25, -0.2) is 0 Å². The van der Waals surface area contributed by atoms with Crippen molar-refractivity contribution in [2.24, 2.45) is 5.92 Å². The van der Waals surface area contributed by atoms with Gasteiger partial charge >= 0.3 is 0 Å². The molecule has 2 aliphatic rings. The van der Waals surface area contributed by atoms with E-state index in [1.807, 2.05) is 12.1 Å². The Morgan fingerprint density at radius 1 is 1.23 bits per heavy atom. The molecule has 1 atom stereocenters. The first-order valence-corrected chi connectivity index (χ1v) is 8.50. The Labute approximate surface area is 132 Å². The van der Waals surface area contributed by atoms with Crippen molar-refractivity contribution in [3.05, 3.63) is 29.8 Å². The zero-order chi connectivity index (χ0) is 15.4. The molecule has 4 nitrogen and oxygen atoms in total. The number of likely N-dealkylation sites (tertiary alicyclic amines) is 1. The van der Waals surface area contributed by atoms with Crippen molar-refractivity contribution in [2.45, 2.75) is 51.1 Å². The summed E-state index contributed by atoms with van der Waals surface area (Å²) in [7, 11) is 0. The van der Waals surface area contributed by atoms with Crippen LogP contribution in [0.4, 0.5) is 0 Å². The lowest BCUT2D eigenvalue weighted by Crippen LogP contribution is -2.35. The minimum Gasteiger partial charge on any atom is -0.508 e. The maximum atomic E-state index is 12.2. The van der Waals surface area contributed by atoms with Gasteiger partial charge in [-0.2, -0.15) is 0 Å². The molecule has 3 rings (SSSR count). The van der Waals surface area contributed by atoms with E-state index in [2.05, 4.69) is 10.2 Å². The topological polar surface area (TPSA) is 52.6 Å². The molecular formula is C18H26N2O2. The Morgan fingerprint density at radius 3 is 2.82 bits per heavy atom. The van der Waals surface area contributed by atoms with Gasteiger partial charge in [0.1, 0.15) is 5.75 Å². The van der Waals surface area contributed by atoms with Crippen LogP contribution in [0.1, 0.15) is 44.1 Å². The summed E-state index contributed by atoms with van der Waals surface area (Å²) >= 11 is 0. The molecule has 1 amide bonds. The van der Waals surface area contributed by atoms with Crippen molar-refractivity contribution in [3.63, 3.8) is 0 Å². The second-order valence-electron chi connectivity index (χ2n) is 6.75. The Bertz CT molecular complexity index is 512. The van der Waals surface area contributed by atoms with Crippen LogP contribution < -0.4 is 5.32 Å². The van der Waals surface area contributed by atoms with Gasteiger partial charge in [-0.3, -0.25) is 4.79 Å². The van der Waals surface area contributed by atoms with Crippen LogP contribution in [-0.4, -0.2) is 35.0 Å². The first-order valence-electron chi connectivity index (χ1n) is 8.50. The summed E-state index contributed by atoms with van der Waals surface area (Å²) in [5, 5.41) is 12.9. The number of phenols is 1. The third kappa shape index (κ3) is 4.01. The molecule has 1 aliphatic carbocycles. The first-order chi connectivity index (χ1) is 10.7. The molecule has 2 N–H and O–H groups in total. The highest BCUT2D eigenvalue weighted by atomic mass is 16.3. The summed E-state index contributed by atoms with van der Waals surface area (Å²) in [6.07, 6.45) is 7.18. The van der Waals surface area contributed by atoms with E-state index >= 15 is 0 Å². The fourth-order valence-corrected chi connectivity index (χ4v) is 3.70. The van der Waals surface area contributed by atoms with E-state index in [0.717, 1.165) is 18.7 Å². The van der Waals surface area contributed by atoms with E-state index in [-0.39, 0.29) is 6.04 Å². The molecule has 2 fully saturated rings. The number of phenolic OH excluding ortho intramolecular Hbond substituents is 1. The van der Waals surface area contributed by atoms with Gasteiger partial charge in [-0.1, -0.05) is 31.4 Å².